The topological polar surface area (TPSA) is 82.8 Å². The van der Waals surface area contributed by atoms with E-state index in [1.54, 1.807) is 28.3 Å². The second-order valence-electron chi connectivity index (χ2n) is 5.24. The molecule has 128 valence electrons. The third-order valence-corrected chi connectivity index (χ3v) is 5.62. The minimum atomic E-state index is -2.35. The summed E-state index contributed by atoms with van der Waals surface area (Å²) in [5, 5.41) is 3.21. The number of nitrogens with two attached hydrogens (primary N) is 1. The van der Waals surface area contributed by atoms with Gasteiger partial charge in [-0.3, -0.25) is 0 Å². The maximum Gasteiger partial charge on any atom is 0.500 e. The molecule has 0 bridgehead atoms. The van der Waals surface area contributed by atoms with E-state index >= 15 is 0 Å². The molecule has 6 nitrogen and oxygen atoms in total. The molecule has 0 unspecified atom stereocenters. The zero-order valence-corrected chi connectivity index (χ0v) is 15.5. The third-order valence-electron chi connectivity index (χ3n) is 2.79. The fraction of sp³-hybridized carbons (Fsp3) is 0.929. The van der Waals surface area contributed by atoms with Crippen LogP contribution in [0, 0.1) is 5.92 Å². The Bertz CT molecular complexity index is 241. The number of rotatable bonds is 11. The molecule has 0 spiro atoms. The highest BCUT2D eigenvalue weighted by Gasteiger charge is 2.36. The first-order valence-electron chi connectivity index (χ1n) is 7.43. The van der Waals surface area contributed by atoms with E-state index in [9.17, 15) is 4.79 Å². The first-order chi connectivity index (χ1) is 9.87. The summed E-state index contributed by atoms with van der Waals surface area (Å²) in [5.41, 5.74) is 5.35. The Balaban J connectivity index is 0. The van der Waals surface area contributed by atoms with E-state index in [2.05, 4.69) is 5.32 Å². The van der Waals surface area contributed by atoms with Gasteiger partial charge in [0.2, 0.25) is 0 Å². The summed E-state index contributed by atoms with van der Waals surface area (Å²) < 4.78 is 15.9. The van der Waals surface area contributed by atoms with Crippen LogP contribution in [0.3, 0.4) is 0 Å². The fourth-order valence-corrected chi connectivity index (χ4v) is 3.51. The van der Waals surface area contributed by atoms with Crippen molar-refractivity contribution in [2.45, 2.75) is 39.7 Å². The molecular weight excluding hydrogens is 288 g/mol. The molecular formula is C14H34N2O4Si. The van der Waals surface area contributed by atoms with Crippen LogP contribution in [0.15, 0.2) is 0 Å². The summed E-state index contributed by atoms with van der Waals surface area (Å²) in [5.74, 6) is 0.813. The largest absolute Gasteiger partial charge is 0.500 e. The van der Waals surface area contributed by atoms with E-state index in [0.29, 0.717) is 12.5 Å². The monoisotopic (exact) mass is 322 g/mol. The number of carbonyl (C=O) groups is 1. The molecule has 0 atom stereocenters. The van der Waals surface area contributed by atoms with Crippen molar-refractivity contribution in [3.05, 3.63) is 0 Å². The summed E-state index contributed by atoms with van der Waals surface area (Å²) in [7, 11) is 2.55. The molecule has 0 rings (SSSR count). The van der Waals surface area contributed by atoms with Gasteiger partial charge in [-0.1, -0.05) is 13.8 Å². The molecule has 0 heterocycles. The summed E-state index contributed by atoms with van der Waals surface area (Å²) in [6, 6.07) is 0.827. The smallest absolute Gasteiger partial charge is 0.377 e. The van der Waals surface area contributed by atoms with Crippen molar-refractivity contribution in [3.63, 3.8) is 0 Å². The molecule has 0 aliphatic heterocycles. The maximum absolute atomic E-state index is 10.3. The highest BCUT2D eigenvalue weighted by molar-refractivity contribution is 6.60. The van der Waals surface area contributed by atoms with Crippen LogP contribution in [0.2, 0.25) is 6.04 Å². The molecule has 0 saturated carbocycles. The lowest BCUT2D eigenvalue weighted by molar-refractivity contribution is -0.117. The highest BCUT2D eigenvalue weighted by Crippen LogP contribution is 2.14. The van der Waals surface area contributed by atoms with Gasteiger partial charge in [0.05, 0.1) is 0 Å². The quantitative estimate of drug-likeness (QED) is 0.442. The lowest BCUT2D eigenvalue weighted by Gasteiger charge is -2.24. The lowest BCUT2D eigenvalue weighted by atomic mass is 10.1. The Morgan fingerprint density at radius 1 is 1.14 bits per heavy atom. The Morgan fingerprint density at radius 3 is 1.95 bits per heavy atom. The molecule has 0 aromatic rings. The van der Waals surface area contributed by atoms with Gasteiger partial charge in [0.25, 0.3) is 0 Å². The molecule has 3 N–H and O–H groups in total. The fourth-order valence-electron chi connectivity index (χ4n) is 1.79. The first kappa shape index (κ1) is 23.0. The Kier molecular flexibility index (Phi) is 16.0. The molecule has 0 aliphatic carbocycles. The van der Waals surface area contributed by atoms with Crippen molar-refractivity contribution in [1.29, 1.82) is 0 Å². The Labute approximate surface area is 131 Å². The SMILES string of the molecule is CC(=O)CC(C)C.CO[Si](CCCNCCN)(OC)OC. The number of Topliss-reactive ketones (excluding diaryl/α,β-unsaturated/α-hetero) is 1. The van der Waals surface area contributed by atoms with Crippen LogP contribution in [0.1, 0.15) is 33.6 Å². The Hall–Kier alpha value is -0.313. The van der Waals surface area contributed by atoms with Crippen molar-refractivity contribution >= 4 is 14.6 Å². The van der Waals surface area contributed by atoms with Crippen LogP contribution in [0.4, 0.5) is 0 Å². The molecule has 7 heteroatoms. The molecule has 0 aromatic heterocycles. The second kappa shape index (κ2) is 14.6. The van der Waals surface area contributed by atoms with Gasteiger partial charge in [-0.2, -0.15) is 0 Å². The van der Waals surface area contributed by atoms with Gasteiger partial charge in [-0.15, -0.1) is 0 Å². The second-order valence-corrected chi connectivity index (χ2v) is 8.33. The lowest BCUT2D eigenvalue weighted by Crippen LogP contribution is -2.43. The van der Waals surface area contributed by atoms with E-state index in [-0.39, 0.29) is 5.78 Å². The minimum absolute atomic E-state index is 0.287. The van der Waals surface area contributed by atoms with E-state index in [1.807, 2.05) is 13.8 Å². The predicted octanol–water partition coefficient (Wildman–Crippen LogP) is 1.42. The molecule has 0 radical (unpaired) electrons. The zero-order valence-electron chi connectivity index (χ0n) is 14.5. The third kappa shape index (κ3) is 14.4. The number of ketones is 1. The minimum Gasteiger partial charge on any atom is -0.377 e. The van der Waals surface area contributed by atoms with E-state index in [4.69, 9.17) is 19.0 Å². The van der Waals surface area contributed by atoms with Crippen LogP contribution in [-0.4, -0.2) is 55.6 Å². The highest BCUT2D eigenvalue weighted by atomic mass is 28.4. The standard InChI is InChI=1S/C8H22N2O3Si.C6H12O/c1-11-14(12-2,13-3)8-4-6-10-7-5-9;1-5(2)4-6(3)7/h10H,4-9H2,1-3H3;5H,4H2,1-3H3. The number of carbonyl (C=O) groups excluding carboxylic acids is 1. The van der Waals surface area contributed by atoms with Crippen LogP contribution in [-0.2, 0) is 18.1 Å². The van der Waals surface area contributed by atoms with Crippen LogP contribution in [0.25, 0.3) is 0 Å². The van der Waals surface area contributed by atoms with Crippen LogP contribution in [0.5, 0.6) is 0 Å². The number of hydrogen-bond donors (Lipinski definition) is 2. The Morgan fingerprint density at radius 2 is 1.67 bits per heavy atom. The van der Waals surface area contributed by atoms with E-state index in [1.165, 1.54) is 0 Å². The summed E-state index contributed by atoms with van der Waals surface area (Å²) >= 11 is 0. The first-order valence-corrected chi connectivity index (χ1v) is 9.36. The molecule has 0 amide bonds. The van der Waals surface area contributed by atoms with Gasteiger partial charge >= 0.3 is 8.80 Å². The molecule has 21 heavy (non-hydrogen) atoms. The normalized spacial score (nSPS) is 11.2. The summed E-state index contributed by atoms with van der Waals surface area (Å²) in [4.78, 5) is 10.3. The molecule has 0 saturated heterocycles. The van der Waals surface area contributed by atoms with Gasteiger partial charge < -0.3 is 29.1 Å². The van der Waals surface area contributed by atoms with Crippen molar-refractivity contribution < 1.29 is 18.1 Å². The van der Waals surface area contributed by atoms with Crippen molar-refractivity contribution in [1.82, 2.24) is 5.32 Å². The summed E-state index contributed by atoms with van der Waals surface area (Å²) in [6.45, 7) is 8.15. The van der Waals surface area contributed by atoms with E-state index in [0.717, 1.165) is 32.0 Å². The average molecular weight is 323 g/mol. The molecule has 0 aliphatic rings. The van der Waals surface area contributed by atoms with Crippen molar-refractivity contribution in [2.24, 2.45) is 11.7 Å². The van der Waals surface area contributed by atoms with Gasteiger partial charge in [0.15, 0.2) is 0 Å². The van der Waals surface area contributed by atoms with Crippen LogP contribution < -0.4 is 11.1 Å². The van der Waals surface area contributed by atoms with Crippen molar-refractivity contribution in [3.8, 4) is 0 Å². The van der Waals surface area contributed by atoms with Gasteiger partial charge in [0.1, 0.15) is 5.78 Å². The van der Waals surface area contributed by atoms with Gasteiger partial charge in [-0.05, 0) is 25.8 Å². The van der Waals surface area contributed by atoms with Crippen molar-refractivity contribution in [2.75, 3.05) is 41.0 Å². The van der Waals surface area contributed by atoms with E-state index < -0.39 is 8.80 Å². The van der Waals surface area contributed by atoms with Crippen LogP contribution >= 0.6 is 0 Å². The van der Waals surface area contributed by atoms with Gasteiger partial charge in [0, 0.05) is 46.9 Å². The maximum atomic E-state index is 10.3. The number of nitrogens with one attached hydrogen (secondary N) is 1. The summed E-state index contributed by atoms with van der Waals surface area (Å²) in [6.07, 6.45) is 1.70. The predicted molar refractivity (Wildman–Crippen MR) is 88.3 cm³/mol. The molecule has 0 aromatic carbocycles. The number of hydrogen-bond acceptors (Lipinski definition) is 6. The average Bonchev–Trinajstić information content (AvgIpc) is 2.43. The van der Waals surface area contributed by atoms with Gasteiger partial charge in [-0.25, -0.2) is 0 Å². The zero-order chi connectivity index (χ0) is 16.7. The molecule has 0 fully saturated rings.